The topological polar surface area (TPSA) is 70.7 Å². The molecule has 0 saturated carbocycles. The quantitative estimate of drug-likeness (QED) is 0.659. The minimum absolute atomic E-state index is 0.0679. The van der Waals surface area contributed by atoms with E-state index in [2.05, 4.69) is 15.5 Å². The molecular weight excluding hydrogens is 306 g/mol. The van der Waals surface area contributed by atoms with E-state index in [-0.39, 0.29) is 18.2 Å². The maximum Gasteiger partial charge on any atom is 0.237 e. The lowest BCUT2D eigenvalue weighted by molar-refractivity contribution is -0.134. The standard InChI is InChI=1S/C18H27N3O3/c1-2-24-12-6-9-19-17(22)13-16-18(23)20-10-11-21(16)14-15-7-4-3-5-8-15/h3-5,7-8,16H,2,6,9-14H2,1H3,(H,19,22)(H,20,23)/t16-/m0/s1. The summed E-state index contributed by atoms with van der Waals surface area (Å²) in [7, 11) is 0. The Morgan fingerprint density at radius 1 is 1.38 bits per heavy atom. The molecule has 1 aromatic rings. The third-order valence-electron chi connectivity index (χ3n) is 4.04. The second-order valence-corrected chi connectivity index (χ2v) is 5.87. The van der Waals surface area contributed by atoms with Crippen LogP contribution in [0.15, 0.2) is 30.3 Å². The van der Waals surface area contributed by atoms with Gasteiger partial charge in [0.25, 0.3) is 0 Å². The molecule has 0 spiro atoms. The summed E-state index contributed by atoms with van der Waals surface area (Å²) in [5.74, 6) is -0.159. The van der Waals surface area contributed by atoms with Gasteiger partial charge in [-0.3, -0.25) is 14.5 Å². The Bertz CT molecular complexity index is 522. The number of carbonyl (C=O) groups is 2. The molecular formula is C18H27N3O3. The van der Waals surface area contributed by atoms with Gasteiger partial charge < -0.3 is 15.4 Å². The van der Waals surface area contributed by atoms with Gasteiger partial charge in [-0.1, -0.05) is 30.3 Å². The Labute approximate surface area is 143 Å². The Kier molecular flexibility index (Phi) is 7.71. The van der Waals surface area contributed by atoms with Crippen molar-refractivity contribution in [2.45, 2.75) is 32.4 Å². The van der Waals surface area contributed by atoms with E-state index in [1.165, 1.54) is 0 Å². The monoisotopic (exact) mass is 333 g/mol. The predicted molar refractivity (Wildman–Crippen MR) is 92.4 cm³/mol. The molecule has 1 aliphatic heterocycles. The molecule has 0 aliphatic carbocycles. The van der Waals surface area contributed by atoms with E-state index in [4.69, 9.17) is 4.74 Å². The van der Waals surface area contributed by atoms with Crippen LogP contribution in [0.2, 0.25) is 0 Å². The minimum atomic E-state index is -0.411. The highest BCUT2D eigenvalue weighted by Gasteiger charge is 2.31. The molecule has 132 valence electrons. The van der Waals surface area contributed by atoms with E-state index >= 15 is 0 Å². The summed E-state index contributed by atoms with van der Waals surface area (Å²) in [6.45, 7) is 5.90. The molecule has 0 aromatic heterocycles. The summed E-state index contributed by atoms with van der Waals surface area (Å²) in [4.78, 5) is 26.4. The lowest BCUT2D eigenvalue weighted by Gasteiger charge is -2.34. The zero-order chi connectivity index (χ0) is 17.2. The summed E-state index contributed by atoms with van der Waals surface area (Å²) < 4.78 is 5.24. The Morgan fingerprint density at radius 3 is 2.92 bits per heavy atom. The van der Waals surface area contributed by atoms with Gasteiger partial charge in [0.05, 0.1) is 12.5 Å². The number of amides is 2. The van der Waals surface area contributed by atoms with Crippen LogP contribution < -0.4 is 10.6 Å². The van der Waals surface area contributed by atoms with E-state index in [0.717, 1.165) is 18.5 Å². The normalized spacial score (nSPS) is 18.2. The average Bonchev–Trinajstić information content (AvgIpc) is 2.59. The summed E-state index contributed by atoms with van der Waals surface area (Å²) in [6.07, 6.45) is 0.970. The second-order valence-electron chi connectivity index (χ2n) is 5.87. The maximum absolute atomic E-state index is 12.2. The summed E-state index contributed by atoms with van der Waals surface area (Å²) >= 11 is 0. The number of hydrogen-bond donors (Lipinski definition) is 2. The van der Waals surface area contributed by atoms with Crippen LogP contribution in [0.4, 0.5) is 0 Å². The van der Waals surface area contributed by atoms with Gasteiger partial charge in [-0.25, -0.2) is 0 Å². The number of nitrogens with zero attached hydrogens (tertiary/aromatic N) is 1. The van der Waals surface area contributed by atoms with E-state index < -0.39 is 6.04 Å². The van der Waals surface area contributed by atoms with Gasteiger partial charge in [0.1, 0.15) is 0 Å². The lowest BCUT2D eigenvalue weighted by atomic mass is 10.1. The van der Waals surface area contributed by atoms with Crippen LogP contribution in [0.1, 0.15) is 25.3 Å². The van der Waals surface area contributed by atoms with Crippen molar-refractivity contribution in [3.63, 3.8) is 0 Å². The van der Waals surface area contributed by atoms with E-state index in [1.54, 1.807) is 0 Å². The van der Waals surface area contributed by atoms with Crippen molar-refractivity contribution in [2.75, 3.05) is 32.8 Å². The van der Waals surface area contributed by atoms with Crippen molar-refractivity contribution < 1.29 is 14.3 Å². The average molecular weight is 333 g/mol. The molecule has 1 saturated heterocycles. The number of hydrogen-bond acceptors (Lipinski definition) is 4. The molecule has 1 heterocycles. The van der Waals surface area contributed by atoms with E-state index in [9.17, 15) is 9.59 Å². The molecule has 6 heteroatoms. The third-order valence-corrected chi connectivity index (χ3v) is 4.04. The molecule has 1 aromatic carbocycles. The molecule has 1 aliphatic rings. The van der Waals surface area contributed by atoms with Crippen LogP contribution in [0.25, 0.3) is 0 Å². The molecule has 0 radical (unpaired) electrons. The van der Waals surface area contributed by atoms with E-state index in [0.29, 0.717) is 32.8 Å². The van der Waals surface area contributed by atoms with Gasteiger partial charge in [-0.05, 0) is 18.9 Å². The first-order chi connectivity index (χ1) is 11.7. The number of rotatable bonds is 9. The first-order valence-corrected chi connectivity index (χ1v) is 8.61. The molecule has 0 unspecified atom stereocenters. The van der Waals surface area contributed by atoms with Crippen LogP contribution in [0.3, 0.4) is 0 Å². The lowest BCUT2D eigenvalue weighted by Crippen LogP contribution is -2.56. The molecule has 6 nitrogen and oxygen atoms in total. The van der Waals surface area contributed by atoms with Gasteiger partial charge in [0.2, 0.25) is 11.8 Å². The van der Waals surface area contributed by atoms with Crippen molar-refractivity contribution >= 4 is 11.8 Å². The third kappa shape index (κ3) is 5.94. The van der Waals surface area contributed by atoms with Crippen molar-refractivity contribution in [3.8, 4) is 0 Å². The first-order valence-electron chi connectivity index (χ1n) is 8.61. The largest absolute Gasteiger partial charge is 0.382 e. The van der Waals surface area contributed by atoms with Crippen LogP contribution in [-0.4, -0.2) is 55.6 Å². The SMILES string of the molecule is CCOCCCNC(=O)C[C@H]1C(=O)NCCN1Cc1ccccc1. The number of ether oxygens (including phenoxy) is 1. The summed E-state index contributed by atoms with van der Waals surface area (Å²) in [6, 6.07) is 9.61. The molecule has 2 N–H and O–H groups in total. The molecule has 2 rings (SSSR count). The van der Waals surface area contributed by atoms with Crippen molar-refractivity contribution in [1.29, 1.82) is 0 Å². The van der Waals surface area contributed by atoms with Gasteiger partial charge >= 0.3 is 0 Å². The zero-order valence-corrected chi connectivity index (χ0v) is 14.3. The Hall–Kier alpha value is -1.92. The van der Waals surface area contributed by atoms with Crippen LogP contribution in [-0.2, 0) is 20.9 Å². The fourth-order valence-corrected chi connectivity index (χ4v) is 2.79. The number of carbonyl (C=O) groups excluding carboxylic acids is 2. The molecule has 2 amide bonds. The summed E-state index contributed by atoms with van der Waals surface area (Å²) in [5.41, 5.74) is 1.15. The number of nitrogens with one attached hydrogen (secondary N) is 2. The fraction of sp³-hybridized carbons (Fsp3) is 0.556. The predicted octanol–water partition coefficient (Wildman–Crippen LogP) is 0.920. The van der Waals surface area contributed by atoms with Crippen molar-refractivity contribution in [1.82, 2.24) is 15.5 Å². The summed E-state index contributed by atoms with van der Waals surface area (Å²) in [5, 5.41) is 5.72. The van der Waals surface area contributed by atoms with Gasteiger partial charge in [-0.2, -0.15) is 0 Å². The molecule has 0 bridgehead atoms. The van der Waals surface area contributed by atoms with Crippen LogP contribution >= 0.6 is 0 Å². The Morgan fingerprint density at radius 2 is 2.17 bits per heavy atom. The van der Waals surface area contributed by atoms with Crippen molar-refractivity contribution in [3.05, 3.63) is 35.9 Å². The van der Waals surface area contributed by atoms with Crippen LogP contribution in [0, 0.1) is 0 Å². The highest BCUT2D eigenvalue weighted by Crippen LogP contribution is 2.13. The van der Waals surface area contributed by atoms with Crippen molar-refractivity contribution in [2.24, 2.45) is 0 Å². The maximum atomic E-state index is 12.2. The number of piperazine rings is 1. The van der Waals surface area contributed by atoms with E-state index in [1.807, 2.05) is 37.3 Å². The fourth-order valence-electron chi connectivity index (χ4n) is 2.79. The zero-order valence-electron chi connectivity index (χ0n) is 14.3. The first kappa shape index (κ1) is 18.4. The van der Waals surface area contributed by atoms with Crippen LogP contribution in [0.5, 0.6) is 0 Å². The Balaban J connectivity index is 1.84. The number of benzene rings is 1. The minimum Gasteiger partial charge on any atom is -0.382 e. The van der Waals surface area contributed by atoms with Gasteiger partial charge in [0, 0.05) is 39.4 Å². The molecule has 24 heavy (non-hydrogen) atoms. The highest BCUT2D eigenvalue weighted by molar-refractivity contribution is 5.88. The smallest absolute Gasteiger partial charge is 0.237 e. The second kappa shape index (κ2) is 10.1. The molecule has 1 fully saturated rings. The van der Waals surface area contributed by atoms with Gasteiger partial charge in [0.15, 0.2) is 0 Å². The molecule has 1 atom stereocenters. The van der Waals surface area contributed by atoms with Gasteiger partial charge in [-0.15, -0.1) is 0 Å². The highest BCUT2D eigenvalue weighted by atomic mass is 16.5.